The molecule has 5 heteroatoms. The lowest BCUT2D eigenvalue weighted by Crippen LogP contribution is -2.18. The fourth-order valence-corrected chi connectivity index (χ4v) is 2.22. The zero-order chi connectivity index (χ0) is 15.9. The van der Waals surface area contributed by atoms with E-state index in [0.29, 0.717) is 17.2 Å². The Labute approximate surface area is 134 Å². The summed E-state index contributed by atoms with van der Waals surface area (Å²) in [6, 6.07) is 12.7. The maximum atomic E-state index is 12.0. The first-order valence-electron chi connectivity index (χ1n) is 6.93. The molecule has 2 rings (SSSR count). The van der Waals surface area contributed by atoms with E-state index in [-0.39, 0.29) is 5.91 Å². The van der Waals surface area contributed by atoms with E-state index in [1.165, 1.54) is 0 Å². The molecule has 4 nitrogen and oxygen atoms in total. The predicted molar refractivity (Wildman–Crippen MR) is 88.9 cm³/mol. The summed E-state index contributed by atoms with van der Waals surface area (Å²) < 4.78 is 5.49. The molecule has 2 aromatic carbocycles. The van der Waals surface area contributed by atoms with Crippen LogP contribution in [0.1, 0.15) is 28.4 Å². The molecule has 1 amide bonds. The second-order valence-electron chi connectivity index (χ2n) is 4.65. The fraction of sp³-hybridized carbons (Fsp3) is 0.176. The van der Waals surface area contributed by atoms with Gasteiger partial charge in [-0.3, -0.25) is 4.79 Å². The van der Waals surface area contributed by atoms with Crippen LogP contribution in [0, 0.1) is 6.92 Å². The lowest BCUT2D eigenvalue weighted by Gasteiger charge is -2.06. The molecular weight excluding hydrogens is 300 g/mol. The predicted octanol–water partition coefficient (Wildman–Crippen LogP) is 3.81. The summed E-state index contributed by atoms with van der Waals surface area (Å²) in [5.74, 6) is 0.367. The Morgan fingerprint density at radius 1 is 1.32 bits per heavy atom. The average Bonchev–Trinajstić information content (AvgIpc) is 2.49. The molecule has 2 aromatic rings. The quantitative estimate of drug-likeness (QED) is 0.673. The van der Waals surface area contributed by atoms with Crippen LogP contribution in [-0.4, -0.2) is 18.7 Å². The van der Waals surface area contributed by atoms with Gasteiger partial charge in [-0.1, -0.05) is 29.8 Å². The van der Waals surface area contributed by atoms with Crippen LogP contribution in [-0.2, 0) is 0 Å². The number of amides is 1. The largest absolute Gasteiger partial charge is 0.493 e. The molecule has 0 unspecified atom stereocenters. The number of hydrazone groups is 1. The molecule has 22 heavy (non-hydrogen) atoms. The van der Waals surface area contributed by atoms with Crippen LogP contribution in [0.25, 0.3) is 0 Å². The summed E-state index contributed by atoms with van der Waals surface area (Å²) >= 11 is 6.05. The third-order valence-electron chi connectivity index (χ3n) is 2.96. The summed E-state index contributed by atoms with van der Waals surface area (Å²) in [7, 11) is 0. The standard InChI is InChI=1S/C17H17ClN2O2/c1-3-22-16-7-5-4-6-13(16)11-19-20-17(21)14-9-8-12(2)10-15(14)18/h4-11H,3H2,1-2H3,(H,20,21). The zero-order valence-corrected chi connectivity index (χ0v) is 13.2. The number of halogens is 1. The molecule has 0 aliphatic heterocycles. The molecule has 0 aliphatic carbocycles. The van der Waals surface area contributed by atoms with Crippen LogP contribution >= 0.6 is 11.6 Å². The highest BCUT2D eigenvalue weighted by atomic mass is 35.5. The molecule has 0 aromatic heterocycles. The molecule has 0 saturated carbocycles. The molecule has 114 valence electrons. The molecule has 0 saturated heterocycles. The van der Waals surface area contributed by atoms with E-state index in [1.807, 2.05) is 44.2 Å². The van der Waals surface area contributed by atoms with Gasteiger partial charge in [-0.15, -0.1) is 0 Å². The third kappa shape index (κ3) is 4.09. The second kappa shape index (κ2) is 7.61. The Kier molecular flexibility index (Phi) is 5.55. The van der Waals surface area contributed by atoms with Gasteiger partial charge in [-0.25, -0.2) is 5.43 Å². The van der Waals surface area contributed by atoms with E-state index in [1.54, 1.807) is 18.3 Å². The number of hydrogen-bond acceptors (Lipinski definition) is 3. The third-order valence-corrected chi connectivity index (χ3v) is 3.27. The normalized spacial score (nSPS) is 10.7. The molecule has 0 radical (unpaired) electrons. The SMILES string of the molecule is CCOc1ccccc1C=NNC(=O)c1ccc(C)cc1Cl. The number of carbonyl (C=O) groups is 1. The molecule has 0 atom stereocenters. The minimum atomic E-state index is -0.352. The van der Waals surface area contributed by atoms with Crippen molar-refractivity contribution in [1.82, 2.24) is 5.43 Å². The zero-order valence-electron chi connectivity index (χ0n) is 12.5. The number of rotatable bonds is 5. The molecular formula is C17H17ClN2O2. The van der Waals surface area contributed by atoms with Gasteiger partial charge in [0.05, 0.1) is 23.4 Å². The lowest BCUT2D eigenvalue weighted by molar-refractivity contribution is 0.0955. The van der Waals surface area contributed by atoms with E-state index < -0.39 is 0 Å². The summed E-state index contributed by atoms with van der Waals surface area (Å²) in [6.07, 6.45) is 1.55. The number of hydrogen-bond donors (Lipinski definition) is 1. The molecule has 0 heterocycles. The van der Waals surface area contributed by atoms with Crippen LogP contribution < -0.4 is 10.2 Å². The number of carbonyl (C=O) groups excluding carboxylic acids is 1. The number of nitrogens with zero attached hydrogens (tertiary/aromatic N) is 1. The van der Waals surface area contributed by atoms with Gasteiger partial charge in [0.25, 0.3) is 5.91 Å². The van der Waals surface area contributed by atoms with Crippen molar-refractivity contribution in [2.75, 3.05) is 6.61 Å². The average molecular weight is 317 g/mol. The fourth-order valence-electron chi connectivity index (χ4n) is 1.90. The maximum absolute atomic E-state index is 12.0. The molecule has 0 fully saturated rings. The Morgan fingerprint density at radius 3 is 2.82 bits per heavy atom. The van der Waals surface area contributed by atoms with E-state index in [9.17, 15) is 4.79 Å². The molecule has 0 bridgehead atoms. The van der Waals surface area contributed by atoms with Crippen molar-refractivity contribution in [3.63, 3.8) is 0 Å². The highest BCUT2D eigenvalue weighted by Crippen LogP contribution is 2.18. The van der Waals surface area contributed by atoms with Gasteiger partial charge in [0.2, 0.25) is 0 Å². The molecule has 1 N–H and O–H groups in total. The van der Waals surface area contributed by atoms with Crippen LogP contribution in [0.3, 0.4) is 0 Å². The summed E-state index contributed by atoms with van der Waals surface area (Å²) in [5, 5.41) is 4.37. The smallest absolute Gasteiger partial charge is 0.272 e. The number of nitrogens with one attached hydrogen (secondary N) is 1. The summed E-state index contributed by atoms with van der Waals surface area (Å²) in [5.41, 5.74) is 4.65. The van der Waals surface area contributed by atoms with Gasteiger partial charge in [-0.05, 0) is 43.7 Å². The van der Waals surface area contributed by atoms with Crippen LogP contribution in [0.2, 0.25) is 5.02 Å². The Bertz CT molecular complexity index is 699. The van der Waals surface area contributed by atoms with Crippen molar-refractivity contribution < 1.29 is 9.53 Å². The van der Waals surface area contributed by atoms with Gasteiger partial charge >= 0.3 is 0 Å². The van der Waals surface area contributed by atoms with Gasteiger partial charge in [0.15, 0.2) is 0 Å². The maximum Gasteiger partial charge on any atom is 0.272 e. The number of benzene rings is 2. The first-order valence-corrected chi connectivity index (χ1v) is 7.31. The van der Waals surface area contributed by atoms with Crippen molar-refractivity contribution in [2.24, 2.45) is 5.10 Å². The lowest BCUT2D eigenvalue weighted by atomic mass is 10.1. The van der Waals surface area contributed by atoms with Crippen molar-refractivity contribution in [3.8, 4) is 5.75 Å². The number of aryl methyl sites for hydroxylation is 1. The Hall–Kier alpha value is -2.33. The Balaban J connectivity index is 2.07. The van der Waals surface area contributed by atoms with Crippen LogP contribution in [0.4, 0.5) is 0 Å². The van der Waals surface area contributed by atoms with Gasteiger partial charge < -0.3 is 4.74 Å². The second-order valence-corrected chi connectivity index (χ2v) is 5.06. The molecule has 0 aliphatic rings. The summed E-state index contributed by atoms with van der Waals surface area (Å²) in [6.45, 7) is 4.39. The molecule has 0 spiro atoms. The van der Waals surface area contributed by atoms with E-state index in [0.717, 1.165) is 16.9 Å². The number of para-hydroxylation sites is 1. The van der Waals surface area contributed by atoms with E-state index >= 15 is 0 Å². The van der Waals surface area contributed by atoms with E-state index in [4.69, 9.17) is 16.3 Å². The first-order chi connectivity index (χ1) is 10.6. The van der Waals surface area contributed by atoms with Crippen molar-refractivity contribution >= 4 is 23.7 Å². The van der Waals surface area contributed by atoms with Crippen molar-refractivity contribution in [2.45, 2.75) is 13.8 Å². The summed E-state index contributed by atoms with van der Waals surface area (Å²) in [4.78, 5) is 12.0. The Morgan fingerprint density at radius 2 is 2.09 bits per heavy atom. The van der Waals surface area contributed by atoms with Gasteiger partial charge in [0.1, 0.15) is 5.75 Å². The van der Waals surface area contributed by atoms with Crippen molar-refractivity contribution in [3.05, 3.63) is 64.2 Å². The monoisotopic (exact) mass is 316 g/mol. The highest BCUT2D eigenvalue weighted by molar-refractivity contribution is 6.33. The first kappa shape index (κ1) is 16.0. The van der Waals surface area contributed by atoms with Crippen LogP contribution in [0.15, 0.2) is 47.6 Å². The topological polar surface area (TPSA) is 50.7 Å². The highest BCUT2D eigenvalue weighted by Gasteiger charge is 2.09. The van der Waals surface area contributed by atoms with E-state index in [2.05, 4.69) is 10.5 Å². The minimum absolute atomic E-state index is 0.352. The van der Waals surface area contributed by atoms with Gasteiger partial charge in [-0.2, -0.15) is 5.10 Å². The van der Waals surface area contributed by atoms with Gasteiger partial charge in [0, 0.05) is 5.56 Å². The van der Waals surface area contributed by atoms with Crippen molar-refractivity contribution in [1.29, 1.82) is 0 Å². The number of ether oxygens (including phenoxy) is 1. The van der Waals surface area contributed by atoms with Crippen LogP contribution in [0.5, 0.6) is 5.75 Å². The minimum Gasteiger partial charge on any atom is -0.493 e.